The molecule has 3 heterocycles. The average Bonchev–Trinajstić information content (AvgIpc) is 3.15. The first-order chi connectivity index (χ1) is 13.2. The number of hydrogen-bond donors (Lipinski definition) is 0. The number of aryl methyl sites for hydroxylation is 1. The molecule has 4 aromatic rings. The van der Waals surface area contributed by atoms with E-state index < -0.39 is 0 Å². The van der Waals surface area contributed by atoms with Crippen molar-refractivity contribution >= 4 is 0 Å². The smallest absolute Gasteiger partial charge is 0.258 e. The van der Waals surface area contributed by atoms with E-state index in [1.165, 1.54) is 0 Å². The van der Waals surface area contributed by atoms with Crippen LogP contribution in [0.2, 0.25) is 0 Å². The molecule has 0 saturated carbocycles. The second-order valence-electron chi connectivity index (χ2n) is 5.74. The summed E-state index contributed by atoms with van der Waals surface area (Å²) < 4.78 is 16.7. The summed E-state index contributed by atoms with van der Waals surface area (Å²) in [7, 11) is 1.59. The van der Waals surface area contributed by atoms with Gasteiger partial charge in [-0.15, -0.1) is 0 Å². The number of aromatic nitrogens is 4. The Hall–Kier alpha value is -3.74. The predicted molar refractivity (Wildman–Crippen MR) is 98.6 cm³/mol. The summed E-state index contributed by atoms with van der Waals surface area (Å²) in [6, 6.07) is 13.0. The Bertz CT molecular complexity index is 1060. The lowest BCUT2D eigenvalue weighted by molar-refractivity contribution is 0.405. The number of nitrogens with zero attached hydrogens (tertiary/aromatic N) is 4. The Morgan fingerprint density at radius 3 is 2.48 bits per heavy atom. The Labute approximate surface area is 155 Å². The minimum Gasteiger partial charge on any atom is -0.497 e. The van der Waals surface area contributed by atoms with Crippen LogP contribution < -0.4 is 9.47 Å². The van der Waals surface area contributed by atoms with Crippen molar-refractivity contribution in [1.29, 1.82) is 0 Å². The van der Waals surface area contributed by atoms with E-state index in [1.54, 1.807) is 44.8 Å². The fourth-order valence-corrected chi connectivity index (χ4v) is 2.62. The fraction of sp³-hybridized carbons (Fsp3) is 0.100. The third kappa shape index (κ3) is 3.62. The van der Waals surface area contributed by atoms with Crippen molar-refractivity contribution in [2.75, 3.05) is 7.11 Å². The van der Waals surface area contributed by atoms with Crippen molar-refractivity contribution in [3.8, 4) is 40.0 Å². The maximum atomic E-state index is 6.07. The van der Waals surface area contributed by atoms with Crippen LogP contribution in [0.15, 0.2) is 65.6 Å². The Morgan fingerprint density at radius 1 is 0.926 bits per heavy atom. The van der Waals surface area contributed by atoms with Crippen LogP contribution in [0.1, 0.15) is 5.82 Å². The minimum atomic E-state index is 0.395. The summed E-state index contributed by atoms with van der Waals surface area (Å²) in [5.74, 6) is 2.59. The van der Waals surface area contributed by atoms with Gasteiger partial charge in [-0.2, -0.15) is 4.98 Å². The topological polar surface area (TPSA) is 83.2 Å². The van der Waals surface area contributed by atoms with Crippen molar-refractivity contribution in [1.82, 2.24) is 20.1 Å². The van der Waals surface area contributed by atoms with Crippen LogP contribution >= 0.6 is 0 Å². The summed E-state index contributed by atoms with van der Waals surface area (Å²) in [5, 5.41) is 3.83. The molecule has 0 aliphatic rings. The zero-order valence-electron chi connectivity index (χ0n) is 14.8. The van der Waals surface area contributed by atoms with Gasteiger partial charge in [-0.25, -0.2) is 4.98 Å². The van der Waals surface area contributed by atoms with Gasteiger partial charge in [0.05, 0.1) is 7.11 Å². The summed E-state index contributed by atoms with van der Waals surface area (Å²) >= 11 is 0. The van der Waals surface area contributed by atoms with Gasteiger partial charge >= 0.3 is 0 Å². The molecule has 0 N–H and O–H groups in total. The van der Waals surface area contributed by atoms with Crippen molar-refractivity contribution in [2.24, 2.45) is 0 Å². The highest BCUT2D eigenvalue weighted by Crippen LogP contribution is 2.35. The zero-order chi connectivity index (χ0) is 18.6. The quantitative estimate of drug-likeness (QED) is 0.524. The Morgan fingerprint density at radius 2 is 1.74 bits per heavy atom. The van der Waals surface area contributed by atoms with Gasteiger partial charge in [-0.05, 0) is 48.9 Å². The molecule has 7 nitrogen and oxygen atoms in total. The van der Waals surface area contributed by atoms with E-state index in [9.17, 15) is 0 Å². The summed E-state index contributed by atoms with van der Waals surface area (Å²) in [6.07, 6.45) is 5.14. The Kier molecular flexibility index (Phi) is 4.49. The van der Waals surface area contributed by atoms with E-state index in [-0.39, 0.29) is 0 Å². The molecule has 4 rings (SSSR count). The molecule has 0 amide bonds. The van der Waals surface area contributed by atoms with Crippen LogP contribution in [0, 0.1) is 6.92 Å². The van der Waals surface area contributed by atoms with E-state index >= 15 is 0 Å². The highest BCUT2D eigenvalue weighted by molar-refractivity contribution is 5.68. The van der Waals surface area contributed by atoms with Crippen LogP contribution in [-0.2, 0) is 0 Å². The third-order valence-electron chi connectivity index (χ3n) is 3.87. The second-order valence-corrected chi connectivity index (χ2v) is 5.74. The normalized spacial score (nSPS) is 10.6. The largest absolute Gasteiger partial charge is 0.497 e. The lowest BCUT2D eigenvalue weighted by Gasteiger charge is -2.11. The van der Waals surface area contributed by atoms with E-state index in [4.69, 9.17) is 14.0 Å². The molecule has 134 valence electrons. The summed E-state index contributed by atoms with van der Waals surface area (Å²) in [4.78, 5) is 12.7. The van der Waals surface area contributed by atoms with Crippen molar-refractivity contribution < 1.29 is 14.0 Å². The van der Waals surface area contributed by atoms with Gasteiger partial charge in [-0.3, -0.25) is 4.98 Å². The summed E-state index contributed by atoms with van der Waals surface area (Å²) in [5.41, 5.74) is 2.52. The van der Waals surface area contributed by atoms with Gasteiger partial charge in [0.2, 0.25) is 5.88 Å². The molecular formula is C20H16N4O3. The number of pyridine rings is 2. The lowest BCUT2D eigenvalue weighted by atomic mass is 10.1. The average molecular weight is 360 g/mol. The number of benzene rings is 1. The third-order valence-corrected chi connectivity index (χ3v) is 3.87. The Balaban J connectivity index is 1.73. The van der Waals surface area contributed by atoms with Crippen LogP contribution in [0.5, 0.6) is 17.4 Å². The number of hydrogen-bond acceptors (Lipinski definition) is 7. The van der Waals surface area contributed by atoms with Crippen molar-refractivity contribution in [2.45, 2.75) is 6.92 Å². The standard InChI is InChI=1S/C20H16N4O3/c1-13-23-19(27-24-13)15-10-16(25-2)12-17(11-15)26-20-18(4-3-7-22-20)14-5-8-21-9-6-14/h3-12H,1-2H3. The lowest BCUT2D eigenvalue weighted by Crippen LogP contribution is -1.93. The molecule has 0 saturated heterocycles. The van der Waals surface area contributed by atoms with Crippen molar-refractivity contribution in [3.63, 3.8) is 0 Å². The molecule has 3 aromatic heterocycles. The van der Waals surface area contributed by atoms with E-state index in [0.29, 0.717) is 34.7 Å². The van der Waals surface area contributed by atoms with Crippen LogP contribution in [0.3, 0.4) is 0 Å². The van der Waals surface area contributed by atoms with Gasteiger partial charge in [0.15, 0.2) is 5.82 Å². The van der Waals surface area contributed by atoms with Gasteiger partial charge < -0.3 is 14.0 Å². The monoisotopic (exact) mass is 360 g/mol. The molecule has 0 radical (unpaired) electrons. The zero-order valence-corrected chi connectivity index (χ0v) is 14.8. The maximum Gasteiger partial charge on any atom is 0.258 e. The van der Waals surface area contributed by atoms with Gasteiger partial charge in [0.25, 0.3) is 5.89 Å². The van der Waals surface area contributed by atoms with E-state index in [0.717, 1.165) is 11.1 Å². The van der Waals surface area contributed by atoms with Gasteiger partial charge in [-0.1, -0.05) is 5.16 Å². The van der Waals surface area contributed by atoms with Crippen LogP contribution in [0.4, 0.5) is 0 Å². The van der Waals surface area contributed by atoms with E-state index in [1.807, 2.05) is 30.3 Å². The maximum absolute atomic E-state index is 6.07. The van der Waals surface area contributed by atoms with Gasteiger partial charge in [0.1, 0.15) is 11.5 Å². The first kappa shape index (κ1) is 16.7. The first-order valence-corrected chi connectivity index (χ1v) is 8.26. The second kappa shape index (κ2) is 7.25. The fourth-order valence-electron chi connectivity index (χ4n) is 2.62. The molecule has 1 aromatic carbocycles. The minimum absolute atomic E-state index is 0.395. The molecule has 0 spiro atoms. The molecule has 0 bridgehead atoms. The highest BCUT2D eigenvalue weighted by Gasteiger charge is 2.13. The molecule has 27 heavy (non-hydrogen) atoms. The number of ether oxygens (including phenoxy) is 2. The molecule has 0 fully saturated rings. The summed E-state index contributed by atoms with van der Waals surface area (Å²) in [6.45, 7) is 1.76. The molecule has 7 heteroatoms. The first-order valence-electron chi connectivity index (χ1n) is 8.26. The van der Waals surface area contributed by atoms with E-state index in [2.05, 4.69) is 20.1 Å². The molecule has 0 aliphatic heterocycles. The number of rotatable bonds is 5. The molecule has 0 aliphatic carbocycles. The number of methoxy groups -OCH3 is 1. The molecular weight excluding hydrogens is 344 g/mol. The SMILES string of the molecule is COc1cc(Oc2ncccc2-c2ccncc2)cc(-c2nc(C)no2)c1. The predicted octanol–water partition coefficient (Wildman–Crippen LogP) is 4.30. The van der Waals surface area contributed by atoms with Crippen LogP contribution in [-0.4, -0.2) is 27.2 Å². The van der Waals surface area contributed by atoms with Crippen LogP contribution in [0.25, 0.3) is 22.6 Å². The molecule has 0 atom stereocenters. The highest BCUT2D eigenvalue weighted by atomic mass is 16.5. The van der Waals surface area contributed by atoms with Crippen molar-refractivity contribution in [3.05, 3.63) is 66.9 Å². The van der Waals surface area contributed by atoms with Gasteiger partial charge in [0, 0.05) is 35.8 Å². The molecule has 0 unspecified atom stereocenters.